The Bertz CT molecular complexity index is 958. The molecule has 0 saturated heterocycles. The number of benzene rings is 2. The summed E-state index contributed by atoms with van der Waals surface area (Å²) < 4.78 is 9.94. The first kappa shape index (κ1) is 24.1. The standard InChI is InChI=1S/C21H23N3O8/c1-13(2)11-18(23-20(26)27)19(25)22-15-5-3-14(4-6-15)12-31-21(28)32-17-9-7-16(8-10-17)24(29)30/h3-10,13,18,23H,11-12H2,1-2H3,(H,22,25)(H,26,27)/t18-/m0/s1. The summed E-state index contributed by atoms with van der Waals surface area (Å²) in [6.45, 7) is 3.66. The van der Waals surface area contributed by atoms with Crippen LogP contribution in [0.15, 0.2) is 48.5 Å². The molecule has 32 heavy (non-hydrogen) atoms. The van der Waals surface area contributed by atoms with E-state index in [4.69, 9.17) is 14.6 Å². The molecule has 3 N–H and O–H groups in total. The molecule has 2 amide bonds. The van der Waals surface area contributed by atoms with Crippen molar-refractivity contribution in [3.8, 4) is 5.75 Å². The Morgan fingerprint density at radius 1 is 1.06 bits per heavy atom. The Labute approximate surface area is 183 Å². The predicted octanol–water partition coefficient (Wildman–Crippen LogP) is 3.93. The zero-order valence-electron chi connectivity index (χ0n) is 17.4. The fourth-order valence-electron chi connectivity index (χ4n) is 2.67. The summed E-state index contributed by atoms with van der Waals surface area (Å²) in [5, 5.41) is 24.4. The lowest BCUT2D eigenvalue weighted by atomic mass is 10.0. The lowest BCUT2D eigenvalue weighted by Gasteiger charge is -2.18. The van der Waals surface area contributed by atoms with E-state index in [2.05, 4.69) is 10.6 Å². The van der Waals surface area contributed by atoms with Gasteiger partial charge in [0, 0.05) is 17.8 Å². The molecule has 0 bridgehead atoms. The predicted molar refractivity (Wildman–Crippen MR) is 113 cm³/mol. The second-order valence-electron chi connectivity index (χ2n) is 7.21. The number of nitrogens with one attached hydrogen (secondary N) is 2. The summed E-state index contributed by atoms with van der Waals surface area (Å²) in [5.41, 5.74) is 0.936. The van der Waals surface area contributed by atoms with Gasteiger partial charge in [0.25, 0.3) is 5.69 Å². The maximum atomic E-state index is 12.4. The molecule has 0 aliphatic carbocycles. The number of carbonyl (C=O) groups excluding carboxylic acids is 2. The molecule has 0 spiro atoms. The van der Waals surface area contributed by atoms with E-state index in [9.17, 15) is 24.5 Å². The van der Waals surface area contributed by atoms with E-state index in [1.165, 1.54) is 24.3 Å². The normalized spacial score (nSPS) is 11.3. The number of carboxylic acid groups (broad SMARTS) is 1. The number of non-ortho nitro benzene ring substituents is 1. The fourth-order valence-corrected chi connectivity index (χ4v) is 2.67. The summed E-state index contributed by atoms with van der Waals surface area (Å²) in [6.07, 6.45) is -1.91. The van der Waals surface area contributed by atoms with Gasteiger partial charge in [-0.2, -0.15) is 0 Å². The quantitative estimate of drug-likeness (QED) is 0.227. The molecule has 0 unspecified atom stereocenters. The molecule has 11 heteroatoms. The summed E-state index contributed by atoms with van der Waals surface area (Å²) in [6, 6.07) is 10.5. The van der Waals surface area contributed by atoms with Crippen LogP contribution in [-0.4, -0.2) is 34.2 Å². The number of nitrogens with zero attached hydrogens (tertiary/aromatic N) is 1. The van der Waals surface area contributed by atoms with Gasteiger partial charge in [0.05, 0.1) is 4.92 Å². The zero-order chi connectivity index (χ0) is 23.7. The molecular formula is C21H23N3O8. The van der Waals surface area contributed by atoms with Crippen molar-refractivity contribution >= 4 is 29.5 Å². The number of amides is 2. The van der Waals surface area contributed by atoms with Crippen LogP contribution in [0.5, 0.6) is 5.75 Å². The second kappa shape index (κ2) is 11.3. The number of nitro benzene ring substituents is 1. The van der Waals surface area contributed by atoms with Gasteiger partial charge in [-0.1, -0.05) is 26.0 Å². The summed E-state index contributed by atoms with van der Waals surface area (Å²) in [7, 11) is 0. The highest BCUT2D eigenvalue weighted by Gasteiger charge is 2.21. The SMILES string of the molecule is CC(C)C[C@H](NC(=O)O)C(=O)Nc1ccc(COC(=O)Oc2ccc([N+](=O)[O-])cc2)cc1. The first-order chi connectivity index (χ1) is 15.1. The van der Waals surface area contributed by atoms with Crippen molar-refractivity contribution in [2.75, 3.05) is 5.32 Å². The van der Waals surface area contributed by atoms with Crippen molar-refractivity contribution in [1.82, 2.24) is 5.32 Å². The van der Waals surface area contributed by atoms with Gasteiger partial charge < -0.3 is 25.2 Å². The molecule has 2 rings (SSSR count). The van der Waals surface area contributed by atoms with Crippen molar-refractivity contribution < 1.29 is 33.9 Å². The van der Waals surface area contributed by atoms with Crippen molar-refractivity contribution in [2.45, 2.75) is 32.9 Å². The minimum absolute atomic E-state index is 0.101. The largest absolute Gasteiger partial charge is 0.514 e. The van der Waals surface area contributed by atoms with Gasteiger partial charge in [0.2, 0.25) is 5.91 Å². The van der Waals surface area contributed by atoms with Crippen LogP contribution in [0.2, 0.25) is 0 Å². The van der Waals surface area contributed by atoms with Crippen molar-refractivity contribution in [3.05, 3.63) is 64.2 Å². The van der Waals surface area contributed by atoms with E-state index in [0.717, 1.165) is 0 Å². The molecule has 0 aromatic heterocycles. The Morgan fingerprint density at radius 3 is 2.22 bits per heavy atom. The Morgan fingerprint density at radius 2 is 1.69 bits per heavy atom. The first-order valence-electron chi connectivity index (χ1n) is 9.62. The Balaban J connectivity index is 1.86. The van der Waals surface area contributed by atoms with E-state index in [1.807, 2.05) is 13.8 Å². The number of hydrogen-bond acceptors (Lipinski definition) is 7. The molecule has 1 atom stereocenters. The first-order valence-corrected chi connectivity index (χ1v) is 9.62. The molecule has 0 heterocycles. The maximum Gasteiger partial charge on any atom is 0.514 e. The summed E-state index contributed by atoms with van der Waals surface area (Å²) in [5.74, 6) is -0.260. The average Bonchev–Trinajstić information content (AvgIpc) is 2.72. The number of rotatable bonds is 9. The van der Waals surface area contributed by atoms with E-state index < -0.39 is 29.1 Å². The summed E-state index contributed by atoms with van der Waals surface area (Å²) in [4.78, 5) is 45.1. The van der Waals surface area contributed by atoms with E-state index in [1.54, 1.807) is 24.3 Å². The van der Waals surface area contributed by atoms with E-state index in [-0.39, 0.29) is 24.0 Å². The fraction of sp³-hybridized carbons (Fsp3) is 0.286. The zero-order valence-corrected chi connectivity index (χ0v) is 17.4. The second-order valence-corrected chi connectivity index (χ2v) is 7.21. The van der Waals surface area contributed by atoms with Crippen molar-refractivity contribution in [3.63, 3.8) is 0 Å². The third-order valence-corrected chi connectivity index (χ3v) is 4.15. The summed E-state index contributed by atoms with van der Waals surface area (Å²) >= 11 is 0. The van der Waals surface area contributed by atoms with Crippen molar-refractivity contribution in [2.24, 2.45) is 5.92 Å². The highest BCUT2D eigenvalue weighted by atomic mass is 16.7. The van der Waals surface area contributed by atoms with Gasteiger partial charge in [0.1, 0.15) is 18.4 Å². The number of nitro groups is 1. The molecule has 0 aliphatic heterocycles. The van der Waals surface area contributed by atoms with Crippen LogP contribution >= 0.6 is 0 Å². The van der Waals surface area contributed by atoms with Crippen LogP contribution in [0.25, 0.3) is 0 Å². The van der Waals surface area contributed by atoms with Crippen LogP contribution in [0.1, 0.15) is 25.8 Å². The number of ether oxygens (including phenoxy) is 2. The highest BCUT2D eigenvalue weighted by Crippen LogP contribution is 2.18. The van der Waals surface area contributed by atoms with Crippen LogP contribution in [0.4, 0.5) is 21.0 Å². The van der Waals surface area contributed by atoms with Gasteiger partial charge in [0.15, 0.2) is 0 Å². The molecule has 170 valence electrons. The van der Waals surface area contributed by atoms with E-state index >= 15 is 0 Å². The third kappa shape index (κ3) is 7.94. The van der Waals surface area contributed by atoms with Crippen molar-refractivity contribution in [1.29, 1.82) is 0 Å². The van der Waals surface area contributed by atoms with Crippen LogP contribution < -0.4 is 15.4 Å². The molecule has 0 fully saturated rings. The number of hydrogen-bond donors (Lipinski definition) is 3. The topological polar surface area (TPSA) is 157 Å². The van der Waals surface area contributed by atoms with Crippen LogP contribution in [-0.2, 0) is 16.1 Å². The molecule has 11 nitrogen and oxygen atoms in total. The Kier molecular flexibility index (Phi) is 8.52. The lowest BCUT2D eigenvalue weighted by Crippen LogP contribution is -2.44. The molecular weight excluding hydrogens is 422 g/mol. The van der Waals surface area contributed by atoms with E-state index in [0.29, 0.717) is 17.7 Å². The molecule has 0 aliphatic rings. The maximum absolute atomic E-state index is 12.4. The van der Waals surface area contributed by atoms with Gasteiger partial charge in [-0.15, -0.1) is 0 Å². The van der Waals surface area contributed by atoms with Gasteiger partial charge in [-0.3, -0.25) is 14.9 Å². The minimum atomic E-state index is -1.28. The smallest absolute Gasteiger partial charge is 0.465 e. The van der Waals surface area contributed by atoms with Gasteiger partial charge in [-0.05, 0) is 42.2 Å². The van der Waals surface area contributed by atoms with Gasteiger partial charge >= 0.3 is 12.2 Å². The average molecular weight is 445 g/mol. The highest BCUT2D eigenvalue weighted by molar-refractivity contribution is 5.96. The minimum Gasteiger partial charge on any atom is -0.465 e. The number of carbonyl (C=O) groups is 3. The van der Waals surface area contributed by atoms with Crippen LogP contribution in [0.3, 0.4) is 0 Å². The number of anilines is 1. The lowest BCUT2D eigenvalue weighted by molar-refractivity contribution is -0.384. The third-order valence-electron chi connectivity index (χ3n) is 4.15. The molecule has 2 aromatic rings. The van der Waals surface area contributed by atoms with Crippen LogP contribution in [0, 0.1) is 16.0 Å². The monoisotopic (exact) mass is 445 g/mol. The Hall–Kier alpha value is -4.15. The molecule has 0 radical (unpaired) electrons. The molecule has 2 aromatic carbocycles. The van der Waals surface area contributed by atoms with Gasteiger partial charge in [-0.25, -0.2) is 9.59 Å². The molecule has 0 saturated carbocycles.